The Hall–Kier alpha value is -2.78. The Morgan fingerprint density at radius 2 is 1.92 bits per heavy atom. The van der Waals surface area contributed by atoms with Crippen LogP contribution in [0, 0.1) is 45.3 Å². The van der Waals surface area contributed by atoms with Crippen molar-refractivity contribution in [1.82, 2.24) is 4.90 Å². The Labute approximate surface area is 151 Å². The van der Waals surface area contributed by atoms with Crippen LogP contribution in [0.1, 0.15) is 11.5 Å². The van der Waals surface area contributed by atoms with Gasteiger partial charge in [-0.2, -0.15) is 15.8 Å². The van der Waals surface area contributed by atoms with Gasteiger partial charge in [-0.1, -0.05) is 35.9 Å². The summed E-state index contributed by atoms with van der Waals surface area (Å²) in [5.74, 6) is -0.748. The number of allylic oxidation sites excluding steroid dienone is 2. The molecule has 124 valence electrons. The monoisotopic (exact) mass is 349 g/mol. The molecule has 0 unspecified atom stereocenters. The zero-order valence-electron chi connectivity index (χ0n) is 13.7. The van der Waals surface area contributed by atoms with Crippen LogP contribution >= 0.6 is 11.6 Å². The summed E-state index contributed by atoms with van der Waals surface area (Å²) >= 11 is 6.41. The SMILES string of the molecule is CN1CC=C2C(C#N)=C(N)C(C#N)(C#N)[C@H](c3ccccc3Cl)[C@H]2C1. The Bertz CT molecular complexity index is 895. The Kier molecular flexibility index (Phi) is 4.27. The van der Waals surface area contributed by atoms with Crippen molar-refractivity contribution in [2.45, 2.75) is 5.92 Å². The Morgan fingerprint density at radius 3 is 2.52 bits per heavy atom. The molecule has 5 nitrogen and oxygen atoms in total. The highest BCUT2D eigenvalue weighted by Gasteiger charge is 2.54. The molecule has 0 saturated carbocycles. The molecule has 25 heavy (non-hydrogen) atoms. The number of hydrogen-bond acceptors (Lipinski definition) is 5. The molecule has 1 aliphatic heterocycles. The number of benzene rings is 1. The molecule has 2 N–H and O–H groups in total. The molecule has 0 radical (unpaired) electrons. The Balaban J connectivity index is 2.37. The lowest BCUT2D eigenvalue weighted by molar-refractivity contribution is 0.238. The number of likely N-dealkylation sites (N-methyl/N-ethyl adjacent to an activating group) is 1. The van der Waals surface area contributed by atoms with E-state index in [9.17, 15) is 15.8 Å². The second kappa shape index (κ2) is 6.26. The predicted octanol–water partition coefficient (Wildman–Crippen LogP) is 2.70. The van der Waals surface area contributed by atoms with Gasteiger partial charge in [0.05, 0.1) is 23.4 Å². The lowest BCUT2D eigenvalue weighted by Gasteiger charge is -2.45. The van der Waals surface area contributed by atoms with E-state index in [4.69, 9.17) is 17.3 Å². The molecule has 0 saturated heterocycles. The van der Waals surface area contributed by atoms with Crippen molar-refractivity contribution in [1.29, 1.82) is 15.8 Å². The number of hydrogen-bond donors (Lipinski definition) is 1. The second-order valence-electron chi connectivity index (χ2n) is 6.42. The summed E-state index contributed by atoms with van der Waals surface area (Å²) in [7, 11) is 1.96. The highest BCUT2D eigenvalue weighted by atomic mass is 35.5. The highest BCUT2D eigenvalue weighted by molar-refractivity contribution is 6.31. The number of rotatable bonds is 1. The van der Waals surface area contributed by atoms with Gasteiger partial charge in [-0.25, -0.2) is 0 Å². The van der Waals surface area contributed by atoms with Gasteiger partial charge in [0.1, 0.15) is 6.07 Å². The number of nitrogens with two attached hydrogens (primary N) is 1. The van der Waals surface area contributed by atoms with Crippen molar-refractivity contribution in [3.8, 4) is 18.2 Å². The molecule has 0 bridgehead atoms. The van der Waals surface area contributed by atoms with Crippen molar-refractivity contribution in [3.05, 3.63) is 57.8 Å². The minimum atomic E-state index is -1.63. The maximum Gasteiger partial charge on any atom is 0.191 e. The van der Waals surface area contributed by atoms with Crippen LogP contribution in [0.15, 0.2) is 47.2 Å². The number of halogens is 1. The molecule has 2 atom stereocenters. The molecule has 1 aliphatic carbocycles. The molecular weight excluding hydrogens is 334 g/mol. The van der Waals surface area contributed by atoms with Crippen LogP contribution in [0.5, 0.6) is 0 Å². The first-order valence-corrected chi connectivity index (χ1v) is 8.24. The van der Waals surface area contributed by atoms with E-state index in [-0.39, 0.29) is 17.2 Å². The van der Waals surface area contributed by atoms with Crippen LogP contribution in [-0.4, -0.2) is 25.0 Å². The lowest BCUT2D eigenvalue weighted by atomic mass is 9.58. The van der Waals surface area contributed by atoms with Crippen molar-refractivity contribution < 1.29 is 0 Å². The fraction of sp³-hybridized carbons (Fsp3) is 0.316. The standard InChI is InChI=1S/C19H16ClN5/c1-25-7-6-12-14(8-21)18(24)19(10-22,11-23)17(15(12)9-25)13-4-2-3-5-16(13)20/h2-6,15,17H,7,9,24H2,1H3/t15-,17+/m0/s1. The lowest BCUT2D eigenvalue weighted by Crippen LogP contribution is -2.47. The van der Waals surface area contributed by atoms with Crippen molar-refractivity contribution in [2.24, 2.45) is 17.1 Å². The van der Waals surface area contributed by atoms with Crippen LogP contribution < -0.4 is 5.73 Å². The molecular formula is C19H16ClN5. The van der Waals surface area contributed by atoms with E-state index in [0.29, 0.717) is 23.7 Å². The zero-order chi connectivity index (χ0) is 18.2. The van der Waals surface area contributed by atoms with Gasteiger partial charge in [0, 0.05) is 29.9 Å². The first-order chi connectivity index (χ1) is 12.0. The molecule has 0 amide bonds. The van der Waals surface area contributed by atoms with E-state index in [1.807, 2.05) is 25.3 Å². The summed E-state index contributed by atoms with van der Waals surface area (Å²) < 4.78 is 0. The smallest absolute Gasteiger partial charge is 0.191 e. The van der Waals surface area contributed by atoms with Crippen molar-refractivity contribution in [3.63, 3.8) is 0 Å². The average molecular weight is 350 g/mol. The largest absolute Gasteiger partial charge is 0.399 e. The van der Waals surface area contributed by atoms with Crippen LogP contribution in [0.4, 0.5) is 0 Å². The van der Waals surface area contributed by atoms with Crippen molar-refractivity contribution in [2.75, 3.05) is 20.1 Å². The van der Waals surface area contributed by atoms with Gasteiger partial charge in [0.2, 0.25) is 0 Å². The third kappa shape index (κ3) is 2.39. The zero-order valence-corrected chi connectivity index (χ0v) is 14.5. The van der Waals surface area contributed by atoms with Gasteiger partial charge >= 0.3 is 0 Å². The summed E-state index contributed by atoms with van der Waals surface area (Å²) in [6, 6.07) is 13.5. The average Bonchev–Trinajstić information content (AvgIpc) is 2.62. The maximum absolute atomic E-state index is 9.93. The van der Waals surface area contributed by atoms with Gasteiger partial charge in [-0.15, -0.1) is 0 Å². The number of fused-ring (bicyclic) bond motifs is 1. The van der Waals surface area contributed by atoms with Crippen LogP contribution in [0.25, 0.3) is 0 Å². The minimum Gasteiger partial charge on any atom is -0.399 e. The summed E-state index contributed by atoms with van der Waals surface area (Å²) in [6.07, 6.45) is 1.96. The van der Waals surface area contributed by atoms with E-state index in [0.717, 1.165) is 5.57 Å². The Morgan fingerprint density at radius 1 is 1.24 bits per heavy atom. The quantitative estimate of drug-likeness (QED) is 0.840. The van der Waals surface area contributed by atoms with Gasteiger partial charge in [0.25, 0.3) is 0 Å². The molecule has 1 aromatic carbocycles. The fourth-order valence-corrected chi connectivity index (χ4v) is 4.15. The molecule has 6 heteroatoms. The van der Waals surface area contributed by atoms with Gasteiger partial charge in [-0.3, -0.25) is 0 Å². The molecule has 0 spiro atoms. The third-order valence-electron chi connectivity index (χ3n) is 5.09. The fourth-order valence-electron chi connectivity index (χ4n) is 3.90. The van der Waals surface area contributed by atoms with Crippen molar-refractivity contribution >= 4 is 11.6 Å². The number of nitrogens with zero attached hydrogens (tertiary/aromatic N) is 4. The topological polar surface area (TPSA) is 101 Å². The molecule has 1 aromatic rings. The van der Waals surface area contributed by atoms with E-state index < -0.39 is 11.3 Å². The first-order valence-electron chi connectivity index (χ1n) is 7.86. The van der Waals surface area contributed by atoms with E-state index in [1.165, 1.54) is 0 Å². The van der Waals surface area contributed by atoms with Crippen LogP contribution in [0.3, 0.4) is 0 Å². The molecule has 3 rings (SSSR count). The summed E-state index contributed by atoms with van der Waals surface area (Å²) in [5.41, 5.74) is 6.39. The molecule has 2 aliphatic rings. The van der Waals surface area contributed by atoms with E-state index in [2.05, 4.69) is 23.1 Å². The highest BCUT2D eigenvalue weighted by Crippen LogP contribution is 2.55. The summed E-state index contributed by atoms with van der Waals surface area (Å²) in [4.78, 5) is 2.09. The van der Waals surface area contributed by atoms with Crippen LogP contribution in [0.2, 0.25) is 5.02 Å². The molecule has 0 aromatic heterocycles. The minimum absolute atomic E-state index is 0.0250. The van der Waals surface area contributed by atoms with Gasteiger partial charge < -0.3 is 10.6 Å². The second-order valence-corrected chi connectivity index (χ2v) is 6.83. The van der Waals surface area contributed by atoms with Gasteiger partial charge in [0.15, 0.2) is 5.41 Å². The van der Waals surface area contributed by atoms with Crippen LogP contribution in [-0.2, 0) is 0 Å². The maximum atomic E-state index is 9.93. The first kappa shape index (κ1) is 17.1. The van der Waals surface area contributed by atoms with E-state index in [1.54, 1.807) is 12.1 Å². The summed E-state index contributed by atoms with van der Waals surface area (Å²) in [6.45, 7) is 1.30. The van der Waals surface area contributed by atoms with Gasteiger partial charge in [-0.05, 0) is 24.3 Å². The number of nitriles is 3. The normalized spacial score (nSPS) is 25.2. The molecule has 0 fully saturated rings. The molecule has 1 heterocycles. The van der Waals surface area contributed by atoms with E-state index >= 15 is 0 Å². The predicted molar refractivity (Wildman–Crippen MR) is 93.7 cm³/mol. The third-order valence-corrected chi connectivity index (χ3v) is 5.43. The summed E-state index contributed by atoms with van der Waals surface area (Å²) in [5, 5.41) is 30.0.